The molecule has 8 heteroatoms. The Labute approximate surface area is 163 Å². The Hall–Kier alpha value is -3.00. The van der Waals surface area contributed by atoms with Crippen LogP contribution in [0.15, 0.2) is 47.1 Å². The molecule has 3 amide bonds. The molecular formula is C20H24N4O4. The summed E-state index contributed by atoms with van der Waals surface area (Å²) in [6.45, 7) is 4.93. The van der Waals surface area contributed by atoms with Gasteiger partial charge in [-0.2, -0.15) is 0 Å². The number of para-hydroxylation sites is 2. The van der Waals surface area contributed by atoms with Crippen LogP contribution in [0.2, 0.25) is 0 Å². The first kappa shape index (κ1) is 18.4. The zero-order valence-electron chi connectivity index (χ0n) is 15.7. The molecule has 0 radical (unpaired) electrons. The summed E-state index contributed by atoms with van der Waals surface area (Å²) in [5.74, 6) is 0.195. The van der Waals surface area contributed by atoms with Gasteiger partial charge in [0.15, 0.2) is 5.76 Å². The average Bonchev–Trinajstić information content (AvgIpc) is 3.29. The zero-order valence-corrected chi connectivity index (χ0v) is 15.7. The molecule has 2 saturated heterocycles. The first-order valence-corrected chi connectivity index (χ1v) is 9.53. The van der Waals surface area contributed by atoms with Crippen molar-refractivity contribution in [1.29, 1.82) is 0 Å². The van der Waals surface area contributed by atoms with Gasteiger partial charge in [-0.15, -0.1) is 0 Å². The van der Waals surface area contributed by atoms with Crippen LogP contribution in [0, 0.1) is 0 Å². The van der Waals surface area contributed by atoms with Gasteiger partial charge in [0.05, 0.1) is 30.9 Å². The molecule has 2 aliphatic heterocycles. The van der Waals surface area contributed by atoms with Gasteiger partial charge < -0.3 is 29.2 Å². The van der Waals surface area contributed by atoms with Gasteiger partial charge >= 0.3 is 6.03 Å². The molecule has 3 heterocycles. The highest BCUT2D eigenvalue weighted by molar-refractivity contribution is 5.94. The summed E-state index contributed by atoms with van der Waals surface area (Å²) < 4.78 is 10.6. The lowest BCUT2D eigenvalue weighted by molar-refractivity contribution is 0.0640. The number of hydrogen-bond donors (Lipinski definition) is 1. The maximum absolute atomic E-state index is 12.8. The van der Waals surface area contributed by atoms with Crippen molar-refractivity contribution >= 4 is 23.3 Å². The van der Waals surface area contributed by atoms with Crippen LogP contribution in [0.1, 0.15) is 10.6 Å². The average molecular weight is 384 g/mol. The van der Waals surface area contributed by atoms with Crippen molar-refractivity contribution in [3.63, 3.8) is 0 Å². The number of anilines is 2. The molecule has 0 atom stereocenters. The SMILES string of the molecule is O=C(Nc1ccccc1N1CCOCC1)N1CCN(C(=O)c2ccco2)CC1. The van der Waals surface area contributed by atoms with Crippen LogP contribution in [-0.4, -0.2) is 74.2 Å². The minimum Gasteiger partial charge on any atom is -0.459 e. The van der Waals surface area contributed by atoms with Crippen LogP contribution in [0.3, 0.4) is 0 Å². The number of carbonyl (C=O) groups is 2. The Morgan fingerprint density at radius 1 is 0.857 bits per heavy atom. The minimum absolute atomic E-state index is 0.136. The maximum atomic E-state index is 12.8. The number of rotatable bonds is 3. The van der Waals surface area contributed by atoms with Crippen molar-refractivity contribution in [1.82, 2.24) is 9.80 Å². The van der Waals surface area contributed by atoms with E-state index in [1.54, 1.807) is 21.9 Å². The minimum atomic E-state index is -0.147. The molecule has 4 rings (SSSR count). The monoisotopic (exact) mass is 384 g/mol. The fourth-order valence-electron chi connectivity index (χ4n) is 3.52. The zero-order chi connectivity index (χ0) is 19.3. The molecule has 0 unspecified atom stereocenters. The van der Waals surface area contributed by atoms with Crippen LogP contribution in [0.25, 0.3) is 0 Å². The number of nitrogens with zero attached hydrogens (tertiary/aromatic N) is 3. The molecule has 0 bridgehead atoms. The van der Waals surface area contributed by atoms with Gasteiger partial charge in [-0.25, -0.2) is 4.79 Å². The molecule has 1 N–H and O–H groups in total. The molecule has 1 aromatic carbocycles. The first-order valence-electron chi connectivity index (χ1n) is 9.53. The van der Waals surface area contributed by atoms with E-state index >= 15 is 0 Å². The van der Waals surface area contributed by atoms with E-state index in [0.717, 1.165) is 24.5 Å². The predicted octanol–water partition coefficient (Wildman–Crippen LogP) is 2.11. The fourth-order valence-corrected chi connectivity index (χ4v) is 3.52. The summed E-state index contributed by atoms with van der Waals surface area (Å²) >= 11 is 0. The number of urea groups is 1. The summed E-state index contributed by atoms with van der Waals surface area (Å²) in [4.78, 5) is 30.8. The number of ether oxygens (including phenoxy) is 1. The molecule has 0 saturated carbocycles. The molecule has 1 aromatic heterocycles. The number of furan rings is 1. The van der Waals surface area contributed by atoms with E-state index in [9.17, 15) is 9.59 Å². The molecule has 8 nitrogen and oxygen atoms in total. The molecule has 148 valence electrons. The quantitative estimate of drug-likeness (QED) is 0.877. The molecule has 28 heavy (non-hydrogen) atoms. The van der Waals surface area contributed by atoms with E-state index in [1.807, 2.05) is 24.3 Å². The Morgan fingerprint density at radius 3 is 2.29 bits per heavy atom. The Morgan fingerprint density at radius 2 is 1.57 bits per heavy atom. The third kappa shape index (κ3) is 3.96. The summed E-state index contributed by atoms with van der Waals surface area (Å²) in [6.07, 6.45) is 1.49. The van der Waals surface area contributed by atoms with Gasteiger partial charge in [0.2, 0.25) is 0 Å². The third-order valence-corrected chi connectivity index (χ3v) is 5.08. The summed E-state index contributed by atoms with van der Waals surface area (Å²) in [7, 11) is 0. The molecule has 2 aliphatic rings. The van der Waals surface area contributed by atoms with E-state index in [4.69, 9.17) is 9.15 Å². The van der Waals surface area contributed by atoms with Gasteiger partial charge in [-0.1, -0.05) is 12.1 Å². The van der Waals surface area contributed by atoms with Gasteiger partial charge in [-0.05, 0) is 24.3 Å². The first-order chi connectivity index (χ1) is 13.7. The maximum Gasteiger partial charge on any atom is 0.322 e. The van der Waals surface area contributed by atoms with E-state index in [2.05, 4.69) is 10.2 Å². The lowest BCUT2D eigenvalue weighted by Gasteiger charge is -2.35. The van der Waals surface area contributed by atoms with Crippen LogP contribution in [-0.2, 0) is 4.74 Å². The van der Waals surface area contributed by atoms with E-state index in [-0.39, 0.29) is 11.9 Å². The highest BCUT2D eigenvalue weighted by Gasteiger charge is 2.26. The largest absolute Gasteiger partial charge is 0.459 e. The highest BCUT2D eigenvalue weighted by Crippen LogP contribution is 2.26. The summed E-state index contributed by atoms with van der Waals surface area (Å²) in [5.41, 5.74) is 1.80. The van der Waals surface area contributed by atoms with Crippen molar-refractivity contribution in [3.8, 4) is 0 Å². The third-order valence-electron chi connectivity index (χ3n) is 5.08. The lowest BCUT2D eigenvalue weighted by atomic mass is 10.2. The number of benzene rings is 1. The Balaban J connectivity index is 1.36. The second-order valence-corrected chi connectivity index (χ2v) is 6.80. The van der Waals surface area contributed by atoms with Crippen molar-refractivity contribution in [2.24, 2.45) is 0 Å². The highest BCUT2D eigenvalue weighted by atomic mass is 16.5. The summed E-state index contributed by atoms with van der Waals surface area (Å²) in [5, 5.41) is 3.03. The normalized spacial score (nSPS) is 17.5. The van der Waals surface area contributed by atoms with Crippen molar-refractivity contribution < 1.29 is 18.7 Å². The number of amides is 3. The number of hydrogen-bond acceptors (Lipinski definition) is 5. The standard InChI is InChI=1S/C20H24N4O4/c25-19(18-6-3-13-28-18)23-7-9-24(10-8-23)20(26)21-16-4-1-2-5-17(16)22-11-14-27-15-12-22/h1-6,13H,7-12,14-15H2,(H,21,26). The van der Waals surface area contributed by atoms with Crippen molar-refractivity contribution in [3.05, 3.63) is 48.4 Å². The Bertz CT molecular complexity index is 809. The van der Waals surface area contributed by atoms with E-state index < -0.39 is 0 Å². The van der Waals surface area contributed by atoms with Crippen LogP contribution >= 0.6 is 0 Å². The number of piperazine rings is 1. The second kappa shape index (κ2) is 8.35. The second-order valence-electron chi connectivity index (χ2n) is 6.80. The smallest absolute Gasteiger partial charge is 0.322 e. The van der Waals surface area contributed by atoms with Gasteiger partial charge in [0.25, 0.3) is 5.91 Å². The molecular weight excluding hydrogens is 360 g/mol. The number of morpholine rings is 1. The van der Waals surface area contributed by atoms with Crippen LogP contribution in [0.5, 0.6) is 0 Å². The summed E-state index contributed by atoms with van der Waals surface area (Å²) in [6, 6.07) is 11.0. The van der Waals surface area contributed by atoms with Crippen LogP contribution in [0.4, 0.5) is 16.2 Å². The Kier molecular flexibility index (Phi) is 5.48. The molecule has 2 fully saturated rings. The van der Waals surface area contributed by atoms with E-state index in [0.29, 0.717) is 45.2 Å². The fraction of sp³-hybridized carbons (Fsp3) is 0.400. The van der Waals surface area contributed by atoms with Crippen molar-refractivity contribution in [2.45, 2.75) is 0 Å². The van der Waals surface area contributed by atoms with Crippen molar-refractivity contribution in [2.75, 3.05) is 62.7 Å². The van der Waals surface area contributed by atoms with E-state index in [1.165, 1.54) is 6.26 Å². The molecule has 0 spiro atoms. The van der Waals surface area contributed by atoms with Gasteiger partial charge in [-0.3, -0.25) is 4.79 Å². The topological polar surface area (TPSA) is 78.3 Å². The van der Waals surface area contributed by atoms with Gasteiger partial charge in [0, 0.05) is 39.3 Å². The van der Waals surface area contributed by atoms with Gasteiger partial charge in [0.1, 0.15) is 0 Å². The lowest BCUT2D eigenvalue weighted by Crippen LogP contribution is -2.51. The van der Waals surface area contributed by atoms with Crippen LogP contribution < -0.4 is 10.2 Å². The number of carbonyl (C=O) groups excluding carboxylic acids is 2. The molecule has 0 aliphatic carbocycles. The predicted molar refractivity (Wildman–Crippen MR) is 105 cm³/mol. The molecule has 2 aromatic rings. The number of nitrogens with one attached hydrogen (secondary N) is 1.